The van der Waals surface area contributed by atoms with E-state index >= 15 is 0 Å². The Hall–Kier alpha value is -2.08. The van der Waals surface area contributed by atoms with Gasteiger partial charge in [-0.05, 0) is 41.8 Å². The number of rotatable bonds is 2. The molecule has 0 radical (unpaired) electrons. The van der Waals surface area contributed by atoms with Crippen LogP contribution in [0.3, 0.4) is 0 Å². The van der Waals surface area contributed by atoms with Gasteiger partial charge >= 0.3 is 6.18 Å². The van der Waals surface area contributed by atoms with Gasteiger partial charge in [-0.15, -0.1) is 0 Å². The summed E-state index contributed by atoms with van der Waals surface area (Å²) >= 11 is 5.78. The minimum Gasteiger partial charge on any atom is -0.312 e. The van der Waals surface area contributed by atoms with Gasteiger partial charge in [0, 0.05) is 17.3 Å². The molecule has 26 heavy (non-hydrogen) atoms. The van der Waals surface area contributed by atoms with E-state index in [-0.39, 0.29) is 24.6 Å². The molecule has 1 amide bonds. The number of hydrogen-bond donors (Lipinski definition) is 0. The first-order valence-electron chi connectivity index (χ1n) is 8.20. The van der Waals surface area contributed by atoms with Crippen LogP contribution in [0, 0.1) is 5.82 Å². The monoisotopic (exact) mass is 387 g/mol. The third-order valence-corrected chi connectivity index (χ3v) is 4.19. The van der Waals surface area contributed by atoms with Crippen LogP contribution in [0.15, 0.2) is 36.4 Å². The van der Waals surface area contributed by atoms with E-state index in [9.17, 15) is 22.4 Å². The maximum Gasteiger partial charge on any atom is 0.419 e. The summed E-state index contributed by atoms with van der Waals surface area (Å²) in [5.41, 5.74) is -0.115. The molecule has 2 aromatic carbocycles. The van der Waals surface area contributed by atoms with E-state index in [1.807, 2.05) is 13.8 Å². The summed E-state index contributed by atoms with van der Waals surface area (Å²) in [6.45, 7) is 4.24. The lowest BCUT2D eigenvalue weighted by Crippen LogP contribution is -2.30. The van der Waals surface area contributed by atoms with Crippen LogP contribution >= 0.6 is 11.6 Å². The molecule has 2 nitrogen and oxygen atoms in total. The van der Waals surface area contributed by atoms with Crippen LogP contribution in [-0.4, -0.2) is 12.5 Å². The molecule has 0 atom stereocenters. The Bertz CT molecular complexity index is 787. The number of anilines is 1. The standard InChI is InChI=1S/C17H12ClF4NO.C2H6/c18-12-3-1-10(2-4-12)7-16(24)23-6-5-11-8-14(19)13(9-15(11)23)17(20,21)22;1-2/h1-4,8-9H,5-7H2;1-2H3. The SMILES string of the molecule is CC.O=C(Cc1ccc(Cl)cc1)N1CCc2cc(F)c(C(F)(F)F)cc21. The fourth-order valence-electron chi connectivity index (χ4n) is 2.76. The van der Waals surface area contributed by atoms with E-state index in [0.717, 1.165) is 12.1 Å². The van der Waals surface area contributed by atoms with Crippen LogP contribution in [0.4, 0.5) is 23.2 Å². The smallest absolute Gasteiger partial charge is 0.312 e. The Labute approximate surface area is 154 Å². The van der Waals surface area contributed by atoms with Crippen LogP contribution in [0.25, 0.3) is 0 Å². The molecule has 1 aliphatic heterocycles. The third-order valence-electron chi connectivity index (χ3n) is 3.94. The number of benzene rings is 2. The molecule has 7 heteroatoms. The van der Waals surface area contributed by atoms with E-state index in [1.54, 1.807) is 24.3 Å². The quantitative estimate of drug-likeness (QED) is 0.609. The number of fused-ring (bicyclic) bond motifs is 1. The van der Waals surface area contributed by atoms with Crippen molar-refractivity contribution in [1.82, 2.24) is 0 Å². The minimum atomic E-state index is -4.80. The summed E-state index contributed by atoms with van der Waals surface area (Å²) < 4.78 is 52.2. The van der Waals surface area contributed by atoms with Gasteiger partial charge in [-0.1, -0.05) is 37.6 Å². The molecule has 3 rings (SSSR count). The molecule has 0 aromatic heterocycles. The Morgan fingerprint density at radius 3 is 2.35 bits per heavy atom. The first-order valence-corrected chi connectivity index (χ1v) is 8.58. The van der Waals surface area contributed by atoms with Crippen LogP contribution < -0.4 is 4.90 Å². The third kappa shape index (κ3) is 4.36. The van der Waals surface area contributed by atoms with E-state index in [1.165, 1.54) is 4.90 Å². The van der Waals surface area contributed by atoms with Gasteiger partial charge in [0.2, 0.25) is 5.91 Å². The summed E-state index contributed by atoms with van der Waals surface area (Å²) in [5.74, 6) is -1.65. The number of alkyl halides is 3. The highest BCUT2D eigenvalue weighted by Gasteiger charge is 2.37. The average Bonchev–Trinajstić information content (AvgIpc) is 3.00. The zero-order chi connectivity index (χ0) is 19.5. The summed E-state index contributed by atoms with van der Waals surface area (Å²) in [6, 6.07) is 8.23. The number of carbonyl (C=O) groups is 1. The zero-order valence-corrected chi connectivity index (χ0v) is 15.1. The lowest BCUT2D eigenvalue weighted by Gasteiger charge is -2.19. The van der Waals surface area contributed by atoms with Crippen molar-refractivity contribution in [3.63, 3.8) is 0 Å². The molecule has 1 heterocycles. The fraction of sp³-hybridized carbons (Fsp3) is 0.316. The van der Waals surface area contributed by atoms with Gasteiger partial charge in [-0.2, -0.15) is 13.2 Å². The highest BCUT2D eigenvalue weighted by atomic mass is 35.5. The highest BCUT2D eigenvalue weighted by Crippen LogP contribution is 2.38. The molecule has 2 aromatic rings. The summed E-state index contributed by atoms with van der Waals surface area (Å²) in [7, 11) is 0. The minimum absolute atomic E-state index is 0.0370. The predicted octanol–water partition coefficient (Wildman–Crippen LogP) is 5.66. The van der Waals surface area contributed by atoms with Gasteiger partial charge in [0.25, 0.3) is 0 Å². The van der Waals surface area contributed by atoms with E-state index in [4.69, 9.17) is 11.6 Å². The van der Waals surface area contributed by atoms with Crippen molar-refractivity contribution in [2.24, 2.45) is 0 Å². The molecular formula is C19H18ClF4NO. The van der Waals surface area contributed by atoms with Gasteiger partial charge < -0.3 is 4.90 Å². The zero-order valence-electron chi connectivity index (χ0n) is 14.3. The van der Waals surface area contributed by atoms with Crippen LogP contribution in [0.2, 0.25) is 5.02 Å². The molecule has 0 unspecified atom stereocenters. The number of carbonyl (C=O) groups excluding carboxylic acids is 1. The molecule has 0 aliphatic carbocycles. The second-order valence-corrected chi connectivity index (χ2v) is 5.99. The topological polar surface area (TPSA) is 20.3 Å². The van der Waals surface area contributed by atoms with Crippen molar-refractivity contribution < 1.29 is 22.4 Å². The number of hydrogen-bond acceptors (Lipinski definition) is 1. The average molecular weight is 388 g/mol. The summed E-state index contributed by atoms with van der Waals surface area (Å²) in [6.07, 6.45) is -4.43. The fourth-order valence-corrected chi connectivity index (χ4v) is 2.88. The molecule has 0 saturated heterocycles. The Balaban J connectivity index is 0.00000117. The Morgan fingerprint density at radius 1 is 1.15 bits per heavy atom. The van der Waals surface area contributed by atoms with Gasteiger partial charge in [0.05, 0.1) is 12.0 Å². The van der Waals surface area contributed by atoms with Crippen molar-refractivity contribution in [3.05, 3.63) is 63.9 Å². The van der Waals surface area contributed by atoms with Crippen molar-refractivity contribution in [2.75, 3.05) is 11.4 Å². The second-order valence-electron chi connectivity index (χ2n) is 5.56. The molecule has 140 valence electrons. The summed E-state index contributed by atoms with van der Waals surface area (Å²) in [5, 5.41) is 0.531. The maximum absolute atomic E-state index is 13.6. The molecule has 1 aliphatic rings. The first kappa shape index (κ1) is 20.2. The summed E-state index contributed by atoms with van der Waals surface area (Å²) in [4.78, 5) is 13.7. The van der Waals surface area contributed by atoms with E-state index in [2.05, 4.69) is 0 Å². The molecule has 0 saturated carbocycles. The van der Waals surface area contributed by atoms with Gasteiger partial charge in [-0.25, -0.2) is 4.39 Å². The largest absolute Gasteiger partial charge is 0.419 e. The Morgan fingerprint density at radius 2 is 1.77 bits per heavy atom. The van der Waals surface area contributed by atoms with Crippen molar-refractivity contribution in [3.8, 4) is 0 Å². The van der Waals surface area contributed by atoms with Crippen molar-refractivity contribution in [1.29, 1.82) is 0 Å². The molecular weight excluding hydrogens is 370 g/mol. The lowest BCUT2D eigenvalue weighted by atomic mass is 10.1. The normalized spacial score (nSPS) is 13.1. The maximum atomic E-state index is 13.6. The number of amides is 1. The van der Waals surface area contributed by atoms with E-state index < -0.39 is 17.6 Å². The van der Waals surface area contributed by atoms with Gasteiger partial charge in [-0.3, -0.25) is 4.79 Å². The number of halogens is 5. The van der Waals surface area contributed by atoms with Crippen LogP contribution in [0.5, 0.6) is 0 Å². The predicted molar refractivity (Wildman–Crippen MR) is 94.0 cm³/mol. The molecule has 0 spiro atoms. The molecule has 0 N–H and O–H groups in total. The number of nitrogens with zero attached hydrogens (tertiary/aromatic N) is 1. The van der Waals surface area contributed by atoms with Crippen molar-refractivity contribution >= 4 is 23.2 Å². The lowest BCUT2D eigenvalue weighted by molar-refractivity contribution is -0.140. The Kier molecular flexibility index (Phi) is 6.29. The van der Waals surface area contributed by atoms with Gasteiger partial charge in [0.1, 0.15) is 5.82 Å². The second kappa shape index (κ2) is 8.08. The van der Waals surface area contributed by atoms with Gasteiger partial charge in [0.15, 0.2) is 0 Å². The first-order chi connectivity index (χ1) is 12.3. The molecule has 0 bridgehead atoms. The molecule has 0 fully saturated rings. The highest BCUT2D eigenvalue weighted by molar-refractivity contribution is 6.30. The van der Waals surface area contributed by atoms with Crippen molar-refractivity contribution in [2.45, 2.75) is 32.9 Å². The van der Waals surface area contributed by atoms with Crippen LogP contribution in [-0.2, 0) is 23.8 Å². The van der Waals surface area contributed by atoms with E-state index in [0.29, 0.717) is 22.6 Å². The van der Waals surface area contributed by atoms with Crippen LogP contribution in [0.1, 0.15) is 30.5 Å².